The Hall–Kier alpha value is -2.20. The van der Waals surface area contributed by atoms with E-state index >= 15 is 0 Å². The van der Waals surface area contributed by atoms with Crippen LogP contribution in [0.1, 0.15) is 24.2 Å². The lowest BCUT2D eigenvalue weighted by Crippen LogP contribution is -2.61. The summed E-state index contributed by atoms with van der Waals surface area (Å²) in [4.78, 5) is 7.30. The predicted octanol–water partition coefficient (Wildman–Crippen LogP) is 4.08. The standard InChI is InChI=1S/C23H25ClN4O3S2/c1-31-19-6-8-20(9-7-19)33(29,30)28-12-10-23(11-13-28)15-27(16-23)22-25-21(26-32-22)14-17-2-4-18(24)5-3-17/h2-9H,10-16H2,1H3. The summed E-state index contributed by atoms with van der Waals surface area (Å²) in [5.74, 6) is 1.47. The van der Waals surface area contributed by atoms with Gasteiger partial charge in [-0.1, -0.05) is 23.7 Å². The molecule has 2 fully saturated rings. The van der Waals surface area contributed by atoms with Crippen molar-refractivity contribution in [3.05, 3.63) is 64.9 Å². The van der Waals surface area contributed by atoms with Gasteiger partial charge < -0.3 is 9.64 Å². The molecule has 2 aromatic carbocycles. The van der Waals surface area contributed by atoms with Gasteiger partial charge in [0, 0.05) is 54.6 Å². The summed E-state index contributed by atoms with van der Waals surface area (Å²) in [7, 11) is -1.91. The van der Waals surface area contributed by atoms with Crippen molar-refractivity contribution in [2.24, 2.45) is 5.41 Å². The number of methoxy groups -OCH3 is 1. The van der Waals surface area contributed by atoms with Crippen molar-refractivity contribution in [1.29, 1.82) is 0 Å². The first-order chi connectivity index (χ1) is 15.9. The second-order valence-corrected chi connectivity index (χ2v) is 11.8. The first-order valence-corrected chi connectivity index (χ1v) is 13.4. The molecule has 0 bridgehead atoms. The van der Waals surface area contributed by atoms with Gasteiger partial charge in [0.1, 0.15) is 11.6 Å². The quantitative estimate of drug-likeness (QED) is 0.503. The van der Waals surface area contributed by atoms with Crippen LogP contribution in [0.2, 0.25) is 5.02 Å². The monoisotopic (exact) mass is 504 g/mol. The van der Waals surface area contributed by atoms with Crippen LogP contribution in [0.25, 0.3) is 0 Å². The molecule has 10 heteroatoms. The molecule has 2 saturated heterocycles. The van der Waals surface area contributed by atoms with E-state index in [4.69, 9.17) is 21.3 Å². The third-order valence-corrected chi connectivity index (χ3v) is 9.52. The molecule has 33 heavy (non-hydrogen) atoms. The number of anilines is 1. The number of sulfonamides is 1. The van der Waals surface area contributed by atoms with Gasteiger partial charge in [-0.05, 0) is 54.8 Å². The second kappa shape index (κ2) is 8.87. The van der Waals surface area contributed by atoms with Crippen molar-refractivity contribution in [3.63, 3.8) is 0 Å². The van der Waals surface area contributed by atoms with Crippen molar-refractivity contribution < 1.29 is 13.2 Å². The number of halogens is 1. The van der Waals surface area contributed by atoms with Gasteiger partial charge in [-0.15, -0.1) is 0 Å². The van der Waals surface area contributed by atoms with Crippen molar-refractivity contribution in [1.82, 2.24) is 13.7 Å². The highest BCUT2D eigenvalue weighted by Gasteiger charge is 2.47. The third kappa shape index (κ3) is 4.59. The molecule has 2 aliphatic heterocycles. The van der Waals surface area contributed by atoms with Crippen LogP contribution in [0.5, 0.6) is 5.75 Å². The summed E-state index contributed by atoms with van der Waals surface area (Å²) in [5.41, 5.74) is 1.29. The van der Waals surface area contributed by atoms with Crippen LogP contribution >= 0.6 is 23.1 Å². The maximum Gasteiger partial charge on any atom is 0.243 e. The van der Waals surface area contributed by atoms with Gasteiger partial charge in [-0.25, -0.2) is 13.4 Å². The average molecular weight is 505 g/mol. The molecule has 3 heterocycles. The second-order valence-electron chi connectivity index (χ2n) is 8.73. The van der Waals surface area contributed by atoms with E-state index in [2.05, 4.69) is 9.27 Å². The number of hydrogen-bond donors (Lipinski definition) is 0. The fraction of sp³-hybridized carbons (Fsp3) is 0.391. The van der Waals surface area contributed by atoms with E-state index in [1.807, 2.05) is 24.3 Å². The highest BCUT2D eigenvalue weighted by atomic mass is 35.5. The largest absolute Gasteiger partial charge is 0.497 e. The van der Waals surface area contributed by atoms with Crippen LogP contribution in [-0.4, -0.2) is 55.4 Å². The lowest BCUT2D eigenvalue weighted by Gasteiger charge is -2.53. The minimum absolute atomic E-state index is 0.161. The van der Waals surface area contributed by atoms with E-state index < -0.39 is 10.0 Å². The molecule has 7 nitrogen and oxygen atoms in total. The highest BCUT2D eigenvalue weighted by molar-refractivity contribution is 7.89. The summed E-state index contributed by atoms with van der Waals surface area (Å²) in [6.45, 7) is 2.89. The molecule has 1 aromatic heterocycles. The van der Waals surface area contributed by atoms with E-state index in [-0.39, 0.29) is 5.41 Å². The van der Waals surface area contributed by atoms with Gasteiger partial charge in [0.25, 0.3) is 0 Å². The van der Waals surface area contributed by atoms with Crippen molar-refractivity contribution in [2.45, 2.75) is 24.2 Å². The van der Waals surface area contributed by atoms with Crippen LogP contribution in [-0.2, 0) is 16.4 Å². The zero-order valence-corrected chi connectivity index (χ0v) is 20.7. The van der Waals surface area contributed by atoms with Crippen LogP contribution in [0.15, 0.2) is 53.4 Å². The van der Waals surface area contributed by atoms with Gasteiger partial charge in [-0.3, -0.25) is 0 Å². The van der Waals surface area contributed by atoms with Crippen molar-refractivity contribution in [2.75, 3.05) is 38.2 Å². The summed E-state index contributed by atoms with van der Waals surface area (Å²) >= 11 is 7.39. The van der Waals surface area contributed by atoms with Crippen LogP contribution in [0.3, 0.4) is 0 Å². The highest BCUT2D eigenvalue weighted by Crippen LogP contribution is 2.43. The number of rotatable bonds is 6. The molecule has 0 N–H and O–H groups in total. The topological polar surface area (TPSA) is 75.6 Å². The molecular weight excluding hydrogens is 480 g/mol. The Morgan fingerprint density at radius 3 is 2.36 bits per heavy atom. The van der Waals surface area contributed by atoms with Crippen molar-refractivity contribution in [3.8, 4) is 5.75 Å². The smallest absolute Gasteiger partial charge is 0.243 e. The normalized spacial score (nSPS) is 18.3. The Kier molecular flexibility index (Phi) is 6.07. The zero-order chi connectivity index (χ0) is 23.1. The van der Waals surface area contributed by atoms with Gasteiger partial charge in [0.2, 0.25) is 15.2 Å². The number of piperidine rings is 1. The van der Waals surface area contributed by atoms with Crippen LogP contribution in [0, 0.1) is 5.41 Å². The third-order valence-electron chi connectivity index (χ3n) is 6.54. The molecule has 0 aliphatic carbocycles. The molecule has 5 rings (SSSR count). The lowest BCUT2D eigenvalue weighted by atomic mass is 9.73. The molecule has 0 radical (unpaired) electrons. The summed E-state index contributed by atoms with van der Waals surface area (Å²) in [5, 5.41) is 1.66. The zero-order valence-electron chi connectivity index (χ0n) is 18.3. The van der Waals surface area contributed by atoms with Crippen LogP contribution in [0.4, 0.5) is 5.13 Å². The predicted molar refractivity (Wildman–Crippen MR) is 130 cm³/mol. The number of hydrogen-bond acceptors (Lipinski definition) is 7. The van der Waals surface area contributed by atoms with Gasteiger partial charge in [0.15, 0.2) is 0 Å². The molecule has 2 aliphatic rings. The minimum Gasteiger partial charge on any atom is -0.497 e. The summed E-state index contributed by atoms with van der Waals surface area (Å²) < 4.78 is 37.3. The molecule has 0 saturated carbocycles. The van der Waals surface area contributed by atoms with Crippen LogP contribution < -0.4 is 9.64 Å². The van der Waals surface area contributed by atoms with Gasteiger partial charge >= 0.3 is 0 Å². The number of benzene rings is 2. The molecule has 0 amide bonds. The molecule has 0 unspecified atom stereocenters. The number of ether oxygens (including phenoxy) is 1. The Bertz CT molecular complexity index is 1210. The molecule has 1 spiro atoms. The lowest BCUT2D eigenvalue weighted by molar-refractivity contribution is 0.114. The number of nitrogens with zero attached hydrogens (tertiary/aromatic N) is 4. The Balaban J connectivity index is 1.16. The summed E-state index contributed by atoms with van der Waals surface area (Å²) in [6, 6.07) is 14.3. The van der Waals surface area contributed by atoms with Gasteiger partial charge in [0.05, 0.1) is 12.0 Å². The van der Waals surface area contributed by atoms with E-state index in [1.165, 1.54) is 11.5 Å². The van der Waals surface area contributed by atoms with Crippen molar-refractivity contribution >= 4 is 38.3 Å². The fourth-order valence-electron chi connectivity index (χ4n) is 4.54. The summed E-state index contributed by atoms with van der Waals surface area (Å²) in [6.07, 6.45) is 2.40. The van der Waals surface area contributed by atoms with Gasteiger partial charge in [-0.2, -0.15) is 8.68 Å². The fourth-order valence-corrected chi connectivity index (χ4v) is 6.79. The first kappa shape index (κ1) is 22.6. The molecular formula is C23H25ClN4O3S2. The maximum atomic E-state index is 13.0. The average Bonchev–Trinajstić information content (AvgIpc) is 3.27. The Labute approximate surface area is 203 Å². The molecule has 3 aromatic rings. The Morgan fingerprint density at radius 1 is 1.06 bits per heavy atom. The minimum atomic E-state index is -3.48. The van der Waals surface area contributed by atoms with E-state index in [1.54, 1.807) is 35.7 Å². The molecule has 174 valence electrons. The first-order valence-electron chi connectivity index (χ1n) is 10.8. The van der Waals surface area contributed by atoms with E-state index in [9.17, 15) is 8.42 Å². The SMILES string of the molecule is COc1ccc(S(=O)(=O)N2CCC3(CC2)CN(c2nc(Cc4ccc(Cl)cc4)ns2)C3)cc1. The Morgan fingerprint density at radius 2 is 1.73 bits per heavy atom. The number of aromatic nitrogens is 2. The van der Waals surface area contributed by atoms with E-state index in [0.29, 0.717) is 30.2 Å². The molecule has 0 atom stereocenters. The maximum absolute atomic E-state index is 13.0. The van der Waals surface area contributed by atoms with E-state index in [0.717, 1.165) is 47.5 Å².